The standard InChI is InChI=1S/C13H16N4/c1-2-11-13(14-7-1)17(10-5-6-10)12(16-11)8-15-9-3-4-9/h1-2,7,9-10,15H,3-6,8H2. The van der Waals surface area contributed by atoms with Crippen LogP contribution in [-0.2, 0) is 6.54 Å². The van der Waals surface area contributed by atoms with Crippen LogP contribution in [0.3, 0.4) is 0 Å². The van der Waals surface area contributed by atoms with E-state index < -0.39 is 0 Å². The maximum atomic E-state index is 4.71. The highest BCUT2D eigenvalue weighted by molar-refractivity contribution is 5.71. The Morgan fingerprint density at radius 2 is 2.18 bits per heavy atom. The van der Waals surface area contributed by atoms with Crippen LogP contribution in [0, 0.1) is 0 Å². The molecule has 17 heavy (non-hydrogen) atoms. The van der Waals surface area contributed by atoms with Crippen molar-refractivity contribution in [3.05, 3.63) is 24.2 Å². The molecule has 0 spiro atoms. The highest BCUT2D eigenvalue weighted by atomic mass is 15.2. The number of fused-ring (bicyclic) bond motifs is 1. The third-order valence-electron chi connectivity index (χ3n) is 3.56. The molecule has 0 saturated heterocycles. The molecule has 0 bridgehead atoms. The molecule has 2 aliphatic carbocycles. The number of pyridine rings is 1. The summed E-state index contributed by atoms with van der Waals surface area (Å²) < 4.78 is 2.34. The molecule has 0 amide bonds. The number of nitrogens with one attached hydrogen (secondary N) is 1. The van der Waals surface area contributed by atoms with Crippen molar-refractivity contribution in [1.29, 1.82) is 0 Å². The molecule has 4 heteroatoms. The Balaban J connectivity index is 1.74. The van der Waals surface area contributed by atoms with Crippen molar-refractivity contribution in [3.63, 3.8) is 0 Å². The minimum atomic E-state index is 0.644. The van der Waals surface area contributed by atoms with Gasteiger partial charge in [0.1, 0.15) is 11.3 Å². The maximum Gasteiger partial charge on any atom is 0.160 e. The number of hydrogen-bond acceptors (Lipinski definition) is 3. The van der Waals surface area contributed by atoms with Crippen LogP contribution < -0.4 is 5.32 Å². The van der Waals surface area contributed by atoms with E-state index in [9.17, 15) is 0 Å². The Morgan fingerprint density at radius 3 is 2.94 bits per heavy atom. The van der Waals surface area contributed by atoms with Gasteiger partial charge in [0.25, 0.3) is 0 Å². The average Bonchev–Trinajstić information content (AvgIpc) is 3.24. The summed E-state index contributed by atoms with van der Waals surface area (Å²) >= 11 is 0. The third kappa shape index (κ3) is 1.72. The second-order valence-corrected chi connectivity index (χ2v) is 5.13. The summed E-state index contributed by atoms with van der Waals surface area (Å²) in [5, 5.41) is 3.55. The Labute approximate surface area is 100 Å². The minimum absolute atomic E-state index is 0.644. The van der Waals surface area contributed by atoms with Gasteiger partial charge in [-0.15, -0.1) is 0 Å². The molecular weight excluding hydrogens is 212 g/mol. The van der Waals surface area contributed by atoms with Gasteiger partial charge in [-0.25, -0.2) is 9.97 Å². The lowest BCUT2D eigenvalue weighted by molar-refractivity contribution is 0.609. The fraction of sp³-hybridized carbons (Fsp3) is 0.538. The van der Waals surface area contributed by atoms with E-state index in [1.54, 1.807) is 0 Å². The molecule has 0 aliphatic heterocycles. The van der Waals surface area contributed by atoms with Gasteiger partial charge in [-0.3, -0.25) is 0 Å². The van der Waals surface area contributed by atoms with Gasteiger partial charge in [-0.05, 0) is 37.8 Å². The summed E-state index contributed by atoms with van der Waals surface area (Å²) in [5.74, 6) is 1.16. The predicted molar refractivity (Wildman–Crippen MR) is 65.7 cm³/mol. The van der Waals surface area contributed by atoms with Gasteiger partial charge in [0, 0.05) is 18.3 Å². The molecule has 2 heterocycles. The molecule has 88 valence electrons. The zero-order valence-electron chi connectivity index (χ0n) is 9.76. The third-order valence-corrected chi connectivity index (χ3v) is 3.56. The van der Waals surface area contributed by atoms with Crippen LogP contribution in [0.2, 0.25) is 0 Å². The fourth-order valence-electron chi connectivity index (χ4n) is 2.34. The quantitative estimate of drug-likeness (QED) is 0.870. The molecular formula is C13H16N4. The molecule has 2 saturated carbocycles. The van der Waals surface area contributed by atoms with Gasteiger partial charge < -0.3 is 9.88 Å². The van der Waals surface area contributed by atoms with Gasteiger partial charge in [0.2, 0.25) is 0 Å². The lowest BCUT2D eigenvalue weighted by Crippen LogP contribution is -2.18. The molecule has 0 radical (unpaired) electrons. The van der Waals surface area contributed by atoms with E-state index in [0.29, 0.717) is 6.04 Å². The zero-order chi connectivity index (χ0) is 11.2. The van der Waals surface area contributed by atoms with Crippen LogP contribution >= 0.6 is 0 Å². The summed E-state index contributed by atoms with van der Waals surface area (Å²) in [6.07, 6.45) is 7.06. The average molecular weight is 228 g/mol. The summed E-state index contributed by atoms with van der Waals surface area (Å²) in [5.41, 5.74) is 2.09. The monoisotopic (exact) mass is 228 g/mol. The first-order valence-electron chi connectivity index (χ1n) is 6.47. The Kier molecular flexibility index (Phi) is 1.99. The van der Waals surface area contributed by atoms with E-state index in [4.69, 9.17) is 4.98 Å². The molecule has 0 unspecified atom stereocenters. The highest BCUT2D eigenvalue weighted by Crippen LogP contribution is 2.38. The van der Waals surface area contributed by atoms with Crippen molar-refractivity contribution in [3.8, 4) is 0 Å². The van der Waals surface area contributed by atoms with E-state index >= 15 is 0 Å². The lowest BCUT2D eigenvalue weighted by atomic mass is 10.4. The number of nitrogens with zero attached hydrogens (tertiary/aromatic N) is 3. The van der Waals surface area contributed by atoms with Crippen LogP contribution in [0.1, 0.15) is 37.5 Å². The van der Waals surface area contributed by atoms with Gasteiger partial charge in [0.15, 0.2) is 5.65 Å². The van der Waals surface area contributed by atoms with Crippen molar-refractivity contribution in [1.82, 2.24) is 19.9 Å². The molecule has 0 aromatic carbocycles. The zero-order valence-corrected chi connectivity index (χ0v) is 9.76. The Hall–Kier alpha value is -1.42. The topological polar surface area (TPSA) is 42.7 Å². The molecule has 4 rings (SSSR count). The first-order valence-corrected chi connectivity index (χ1v) is 6.47. The van der Waals surface area contributed by atoms with E-state index in [1.807, 2.05) is 12.3 Å². The van der Waals surface area contributed by atoms with E-state index in [0.717, 1.165) is 29.6 Å². The fourth-order valence-corrected chi connectivity index (χ4v) is 2.34. The highest BCUT2D eigenvalue weighted by Gasteiger charge is 2.29. The number of aromatic nitrogens is 3. The number of imidazole rings is 1. The smallest absolute Gasteiger partial charge is 0.160 e. The largest absolute Gasteiger partial charge is 0.309 e. The van der Waals surface area contributed by atoms with E-state index in [1.165, 1.54) is 25.7 Å². The van der Waals surface area contributed by atoms with Gasteiger partial charge in [-0.1, -0.05) is 0 Å². The molecule has 1 N–H and O–H groups in total. The lowest BCUT2D eigenvalue weighted by Gasteiger charge is -2.07. The normalized spacial score (nSPS) is 20.0. The first-order chi connectivity index (χ1) is 8.42. The summed E-state index contributed by atoms with van der Waals surface area (Å²) in [7, 11) is 0. The summed E-state index contributed by atoms with van der Waals surface area (Å²) in [6.45, 7) is 0.886. The van der Waals surface area contributed by atoms with E-state index in [-0.39, 0.29) is 0 Å². The second-order valence-electron chi connectivity index (χ2n) is 5.13. The molecule has 0 atom stereocenters. The van der Waals surface area contributed by atoms with Crippen LogP contribution in [-0.4, -0.2) is 20.6 Å². The van der Waals surface area contributed by atoms with Gasteiger partial charge >= 0.3 is 0 Å². The SMILES string of the molecule is c1cnc2c(c1)nc(CNC1CC1)n2C1CC1. The van der Waals surface area contributed by atoms with E-state index in [2.05, 4.69) is 20.9 Å². The number of hydrogen-bond donors (Lipinski definition) is 1. The molecule has 2 aliphatic rings. The Morgan fingerprint density at radius 1 is 1.29 bits per heavy atom. The van der Waals surface area contributed by atoms with Crippen molar-refractivity contribution >= 4 is 11.2 Å². The molecule has 2 aromatic rings. The summed E-state index contributed by atoms with van der Waals surface area (Å²) in [4.78, 5) is 9.19. The van der Waals surface area contributed by atoms with Crippen LogP contribution in [0.15, 0.2) is 18.3 Å². The van der Waals surface area contributed by atoms with Crippen LogP contribution in [0.4, 0.5) is 0 Å². The predicted octanol–water partition coefficient (Wildman–Crippen LogP) is 2.02. The van der Waals surface area contributed by atoms with Crippen molar-refractivity contribution in [2.75, 3.05) is 0 Å². The second kappa shape index (κ2) is 3.53. The van der Waals surface area contributed by atoms with Crippen molar-refractivity contribution in [2.24, 2.45) is 0 Å². The first kappa shape index (κ1) is 9.59. The van der Waals surface area contributed by atoms with Gasteiger partial charge in [0.05, 0.1) is 6.54 Å². The van der Waals surface area contributed by atoms with Crippen molar-refractivity contribution in [2.45, 2.75) is 44.3 Å². The Bertz CT molecular complexity index is 552. The molecule has 2 fully saturated rings. The van der Waals surface area contributed by atoms with Crippen LogP contribution in [0.5, 0.6) is 0 Å². The molecule has 2 aromatic heterocycles. The van der Waals surface area contributed by atoms with Gasteiger partial charge in [-0.2, -0.15) is 0 Å². The summed E-state index contributed by atoms with van der Waals surface area (Å²) in [6, 6.07) is 5.40. The minimum Gasteiger partial charge on any atom is -0.309 e. The van der Waals surface area contributed by atoms with Crippen LogP contribution in [0.25, 0.3) is 11.2 Å². The number of rotatable bonds is 4. The van der Waals surface area contributed by atoms with Crippen molar-refractivity contribution < 1.29 is 0 Å². The maximum absolute atomic E-state index is 4.71. The molecule has 4 nitrogen and oxygen atoms in total.